The molecule has 0 atom stereocenters. The van der Waals surface area contributed by atoms with Crippen LogP contribution in [0.25, 0.3) is 0 Å². The molecule has 6 nitrogen and oxygen atoms in total. The topological polar surface area (TPSA) is 85.1 Å². The summed E-state index contributed by atoms with van der Waals surface area (Å²) in [6.45, 7) is 0. The predicted molar refractivity (Wildman–Crippen MR) is 79.3 cm³/mol. The van der Waals surface area contributed by atoms with Crippen molar-refractivity contribution in [3.63, 3.8) is 0 Å². The highest BCUT2D eigenvalue weighted by Crippen LogP contribution is 2.24. The molecule has 1 heterocycles. The van der Waals surface area contributed by atoms with Crippen molar-refractivity contribution in [1.29, 1.82) is 0 Å². The number of aryl methyl sites for hydroxylation is 1. The monoisotopic (exact) mass is 305 g/mol. The minimum atomic E-state index is -0.615. The van der Waals surface area contributed by atoms with E-state index in [0.717, 1.165) is 5.56 Å². The molecule has 0 bridgehead atoms. The molecule has 0 fully saturated rings. The first-order valence-corrected chi connectivity index (χ1v) is 6.59. The number of halogens is 1. The average molecular weight is 306 g/mol. The third-order valence-corrected chi connectivity index (χ3v) is 2.99. The predicted octanol–water partition coefficient (Wildman–Crippen LogP) is 3.21. The van der Waals surface area contributed by atoms with Crippen LogP contribution in [-0.4, -0.2) is 15.8 Å². The number of nitro groups is 1. The first-order chi connectivity index (χ1) is 10.1. The molecule has 2 rings (SSSR count). The number of aromatic nitrogens is 1. The van der Waals surface area contributed by atoms with Crippen LogP contribution < -0.4 is 5.32 Å². The summed E-state index contributed by atoms with van der Waals surface area (Å²) in [5.41, 5.74) is 0.730. The molecule has 0 spiro atoms. The van der Waals surface area contributed by atoms with Gasteiger partial charge in [-0.2, -0.15) is 0 Å². The average Bonchev–Trinajstić information content (AvgIpc) is 2.46. The molecular weight excluding hydrogens is 294 g/mol. The summed E-state index contributed by atoms with van der Waals surface area (Å²) in [7, 11) is 0. The van der Waals surface area contributed by atoms with E-state index in [1.54, 1.807) is 0 Å². The number of nitrogens with zero attached hydrogens (tertiary/aromatic N) is 2. The van der Waals surface area contributed by atoms with Gasteiger partial charge in [-0.05, 0) is 18.1 Å². The fourth-order valence-electron chi connectivity index (χ4n) is 1.76. The van der Waals surface area contributed by atoms with Crippen molar-refractivity contribution in [2.24, 2.45) is 0 Å². The zero-order valence-electron chi connectivity index (χ0n) is 11.0. The molecule has 0 aliphatic carbocycles. The van der Waals surface area contributed by atoms with Crippen LogP contribution >= 0.6 is 11.6 Å². The van der Waals surface area contributed by atoms with E-state index in [1.807, 2.05) is 30.3 Å². The van der Waals surface area contributed by atoms with Crippen molar-refractivity contribution < 1.29 is 9.72 Å². The van der Waals surface area contributed by atoms with Gasteiger partial charge < -0.3 is 5.32 Å². The number of amides is 1. The maximum absolute atomic E-state index is 11.9. The second-order valence-corrected chi connectivity index (χ2v) is 4.68. The zero-order valence-corrected chi connectivity index (χ0v) is 11.7. The highest BCUT2D eigenvalue weighted by molar-refractivity contribution is 6.29. The Morgan fingerprint density at radius 3 is 2.62 bits per heavy atom. The van der Waals surface area contributed by atoms with Crippen molar-refractivity contribution in [2.45, 2.75) is 12.8 Å². The standard InChI is InChI=1S/C14H12ClN3O3/c15-12-8-7-11(18(20)21)14(16-12)17-13(19)9-6-10-4-2-1-3-5-10/h1-5,7-8H,6,9H2,(H,16,17,19). The van der Waals surface area contributed by atoms with E-state index in [0.29, 0.717) is 6.42 Å². The summed E-state index contributed by atoms with van der Waals surface area (Å²) >= 11 is 5.69. The molecule has 1 amide bonds. The van der Waals surface area contributed by atoms with Gasteiger partial charge in [0, 0.05) is 12.5 Å². The van der Waals surface area contributed by atoms with Crippen LogP contribution in [0, 0.1) is 10.1 Å². The molecule has 7 heteroatoms. The number of anilines is 1. The smallest absolute Gasteiger partial charge is 0.305 e. The first kappa shape index (κ1) is 14.9. The van der Waals surface area contributed by atoms with Crippen LogP contribution in [0.4, 0.5) is 11.5 Å². The van der Waals surface area contributed by atoms with E-state index in [1.165, 1.54) is 12.1 Å². The highest BCUT2D eigenvalue weighted by atomic mass is 35.5. The number of pyridine rings is 1. The van der Waals surface area contributed by atoms with Gasteiger partial charge in [0.15, 0.2) is 0 Å². The first-order valence-electron chi connectivity index (χ1n) is 6.21. The number of carbonyl (C=O) groups excluding carboxylic acids is 1. The Kier molecular flexibility index (Phi) is 4.84. The molecule has 2 aromatic rings. The van der Waals surface area contributed by atoms with Gasteiger partial charge in [-0.25, -0.2) is 4.98 Å². The Balaban J connectivity index is 2.02. The lowest BCUT2D eigenvalue weighted by Gasteiger charge is -2.05. The minimum absolute atomic E-state index is 0.0824. The lowest BCUT2D eigenvalue weighted by atomic mass is 10.1. The molecule has 0 saturated carbocycles. The fourth-order valence-corrected chi connectivity index (χ4v) is 1.91. The van der Waals surface area contributed by atoms with E-state index < -0.39 is 4.92 Å². The van der Waals surface area contributed by atoms with Crippen molar-refractivity contribution in [2.75, 3.05) is 5.32 Å². The molecule has 0 aliphatic heterocycles. The third kappa shape index (κ3) is 4.25. The van der Waals surface area contributed by atoms with Gasteiger partial charge in [0.2, 0.25) is 11.7 Å². The fraction of sp³-hybridized carbons (Fsp3) is 0.143. The Morgan fingerprint density at radius 1 is 1.24 bits per heavy atom. The van der Waals surface area contributed by atoms with E-state index >= 15 is 0 Å². The van der Waals surface area contributed by atoms with Crippen LogP contribution in [0.1, 0.15) is 12.0 Å². The largest absolute Gasteiger partial charge is 0.311 e. The molecule has 0 unspecified atom stereocenters. The van der Waals surface area contributed by atoms with Crippen molar-refractivity contribution in [1.82, 2.24) is 4.98 Å². The summed E-state index contributed by atoms with van der Waals surface area (Å²) in [6, 6.07) is 12.0. The molecule has 21 heavy (non-hydrogen) atoms. The van der Waals surface area contributed by atoms with Gasteiger partial charge in [0.1, 0.15) is 5.15 Å². The number of hydrogen-bond acceptors (Lipinski definition) is 4. The summed E-state index contributed by atoms with van der Waals surface area (Å²) < 4.78 is 0. The van der Waals surface area contributed by atoms with E-state index in [4.69, 9.17) is 11.6 Å². The summed E-state index contributed by atoms with van der Waals surface area (Å²) in [5, 5.41) is 13.4. The minimum Gasteiger partial charge on any atom is -0.305 e. The van der Waals surface area contributed by atoms with Crippen molar-refractivity contribution in [3.8, 4) is 0 Å². The SMILES string of the molecule is O=C(CCc1ccccc1)Nc1nc(Cl)ccc1[N+](=O)[O-]. The molecule has 0 radical (unpaired) electrons. The molecule has 1 aromatic heterocycles. The quantitative estimate of drug-likeness (QED) is 0.522. The Bertz CT molecular complexity index is 662. The summed E-state index contributed by atoms with van der Waals surface area (Å²) in [6.07, 6.45) is 0.746. The normalized spacial score (nSPS) is 10.1. The Hall–Kier alpha value is -2.47. The molecular formula is C14H12ClN3O3. The van der Waals surface area contributed by atoms with E-state index in [2.05, 4.69) is 10.3 Å². The number of carbonyl (C=O) groups is 1. The lowest BCUT2D eigenvalue weighted by molar-refractivity contribution is -0.384. The molecule has 0 saturated heterocycles. The van der Waals surface area contributed by atoms with Gasteiger partial charge in [-0.3, -0.25) is 14.9 Å². The maximum atomic E-state index is 11.9. The number of benzene rings is 1. The second kappa shape index (κ2) is 6.81. The number of nitrogens with one attached hydrogen (secondary N) is 1. The van der Waals surface area contributed by atoms with Crippen molar-refractivity contribution in [3.05, 3.63) is 63.3 Å². The molecule has 108 valence electrons. The second-order valence-electron chi connectivity index (χ2n) is 4.29. The zero-order chi connectivity index (χ0) is 15.2. The van der Waals surface area contributed by atoms with Crippen molar-refractivity contribution >= 4 is 29.0 Å². The lowest BCUT2D eigenvalue weighted by Crippen LogP contribution is -2.14. The molecule has 0 aliphatic rings. The third-order valence-electron chi connectivity index (χ3n) is 2.78. The summed E-state index contributed by atoms with van der Waals surface area (Å²) in [4.78, 5) is 25.9. The maximum Gasteiger partial charge on any atom is 0.311 e. The van der Waals surface area contributed by atoms with Crippen LogP contribution in [0.5, 0.6) is 0 Å². The van der Waals surface area contributed by atoms with Gasteiger partial charge in [0.25, 0.3) is 0 Å². The molecule has 1 N–H and O–H groups in total. The van der Waals surface area contributed by atoms with E-state index in [9.17, 15) is 14.9 Å². The van der Waals surface area contributed by atoms with Gasteiger partial charge in [-0.1, -0.05) is 41.9 Å². The van der Waals surface area contributed by atoms with Crippen LogP contribution in [0.2, 0.25) is 5.15 Å². The number of rotatable bonds is 5. The van der Waals surface area contributed by atoms with Crippen LogP contribution in [-0.2, 0) is 11.2 Å². The van der Waals surface area contributed by atoms with Crippen LogP contribution in [0.3, 0.4) is 0 Å². The molecule has 1 aromatic carbocycles. The van der Waals surface area contributed by atoms with Crippen LogP contribution in [0.15, 0.2) is 42.5 Å². The highest BCUT2D eigenvalue weighted by Gasteiger charge is 2.17. The van der Waals surface area contributed by atoms with Gasteiger partial charge >= 0.3 is 5.69 Å². The Labute approximate surface area is 125 Å². The van der Waals surface area contributed by atoms with Gasteiger partial charge in [0.05, 0.1) is 4.92 Å². The van der Waals surface area contributed by atoms with E-state index in [-0.39, 0.29) is 29.0 Å². The summed E-state index contributed by atoms with van der Waals surface area (Å²) in [5.74, 6) is -0.484. The Morgan fingerprint density at radius 2 is 1.95 bits per heavy atom. The van der Waals surface area contributed by atoms with Gasteiger partial charge in [-0.15, -0.1) is 0 Å². The number of hydrogen-bond donors (Lipinski definition) is 1.